The minimum Gasteiger partial charge on any atom is -0.481 e. The molecular formula is C12H19N3O4S. The first-order valence-electron chi connectivity index (χ1n) is 6.48. The number of aryl methyl sites for hydroxylation is 2. The van der Waals surface area contributed by atoms with Gasteiger partial charge < -0.3 is 5.11 Å². The lowest BCUT2D eigenvalue weighted by Gasteiger charge is -2.29. The number of aromatic nitrogens is 2. The highest BCUT2D eigenvalue weighted by Gasteiger charge is 2.34. The lowest BCUT2D eigenvalue weighted by Crippen LogP contribution is -2.40. The molecule has 20 heavy (non-hydrogen) atoms. The van der Waals surface area contributed by atoms with Crippen molar-refractivity contribution in [2.24, 2.45) is 13.0 Å². The maximum atomic E-state index is 12.6. The Hall–Kier alpha value is -1.41. The molecule has 2 rings (SSSR count). The van der Waals surface area contributed by atoms with Crippen LogP contribution in [-0.4, -0.2) is 46.7 Å². The second-order valence-corrected chi connectivity index (χ2v) is 7.01. The van der Waals surface area contributed by atoms with Gasteiger partial charge in [-0.1, -0.05) is 0 Å². The van der Waals surface area contributed by atoms with Gasteiger partial charge in [-0.2, -0.15) is 9.40 Å². The van der Waals surface area contributed by atoms with Gasteiger partial charge in [0.2, 0.25) is 10.0 Å². The summed E-state index contributed by atoms with van der Waals surface area (Å²) in [5, 5.41) is 13.1. The molecule has 0 amide bonds. The van der Waals surface area contributed by atoms with Crippen LogP contribution in [0.2, 0.25) is 0 Å². The molecule has 2 heterocycles. The molecule has 8 heteroatoms. The number of hydrogen-bond acceptors (Lipinski definition) is 4. The van der Waals surface area contributed by atoms with Gasteiger partial charge in [0.15, 0.2) is 0 Å². The smallest absolute Gasteiger partial charge is 0.306 e. The minimum atomic E-state index is -3.59. The summed E-state index contributed by atoms with van der Waals surface area (Å²) in [6.07, 6.45) is 0.708. The van der Waals surface area contributed by atoms with Crippen LogP contribution >= 0.6 is 0 Å². The van der Waals surface area contributed by atoms with Crippen LogP contribution in [0.15, 0.2) is 4.90 Å². The second kappa shape index (κ2) is 5.17. The third-order valence-electron chi connectivity index (χ3n) is 3.84. The zero-order valence-corrected chi connectivity index (χ0v) is 12.6. The first-order chi connectivity index (χ1) is 9.25. The summed E-state index contributed by atoms with van der Waals surface area (Å²) in [7, 11) is -1.89. The normalized spacial score (nSPS) is 18.4. The Morgan fingerprint density at radius 2 is 1.85 bits per heavy atom. The number of rotatable bonds is 3. The van der Waals surface area contributed by atoms with Crippen LogP contribution in [0.3, 0.4) is 0 Å². The summed E-state index contributed by atoms with van der Waals surface area (Å²) in [5.74, 6) is -1.30. The number of hydrogen-bond donors (Lipinski definition) is 1. The molecule has 1 aromatic heterocycles. The van der Waals surface area contributed by atoms with Crippen LogP contribution in [-0.2, 0) is 21.9 Å². The molecule has 0 saturated carbocycles. The zero-order valence-electron chi connectivity index (χ0n) is 11.8. The van der Waals surface area contributed by atoms with E-state index in [0.717, 1.165) is 0 Å². The average molecular weight is 301 g/mol. The summed E-state index contributed by atoms with van der Waals surface area (Å²) in [6, 6.07) is 0. The number of sulfonamides is 1. The Kier molecular flexibility index (Phi) is 3.88. The first-order valence-corrected chi connectivity index (χ1v) is 7.92. The van der Waals surface area contributed by atoms with Crippen molar-refractivity contribution in [2.45, 2.75) is 31.6 Å². The topological polar surface area (TPSA) is 92.5 Å². The van der Waals surface area contributed by atoms with E-state index in [2.05, 4.69) is 5.10 Å². The van der Waals surface area contributed by atoms with E-state index in [1.165, 1.54) is 4.31 Å². The predicted octanol–water partition coefficient (Wildman–Crippen LogP) is 0.522. The number of nitrogens with zero attached hydrogens (tertiary/aromatic N) is 3. The Morgan fingerprint density at radius 1 is 1.30 bits per heavy atom. The summed E-state index contributed by atoms with van der Waals surface area (Å²) in [4.78, 5) is 11.2. The van der Waals surface area contributed by atoms with E-state index in [-0.39, 0.29) is 18.0 Å². The standard InChI is InChI=1S/C12H19N3O4S/c1-8-11(9(2)14(3)13-8)20(18,19)15-6-4-10(5-7-15)12(16)17/h10H,4-7H2,1-3H3,(H,16,17). The molecule has 0 radical (unpaired) electrons. The van der Waals surface area contributed by atoms with Crippen LogP contribution in [0.4, 0.5) is 0 Å². The Bertz CT molecular complexity index is 627. The van der Waals surface area contributed by atoms with Gasteiger partial charge in [0.05, 0.1) is 17.3 Å². The lowest BCUT2D eigenvalue weighted by atomic mass is 9.99. The van der Waals surface area contributed by atoms with Crippen molar-refractivity contribution in [1.82, 2.24) is 14.1 Å². The Labute approximate surface area is 118 Å². The molecule has 0 aromatic carbocycles. The molecule has 7 nitrogen and oxygen atoms in total. The van der Waals surface area contributed by atoms with Crippen LogP contribution < -0.4 is 0 Å². The van der Waals surface area contributed by atoms with Gasteiger partial charge in [0.1, 0.15) is 4.90 Å². The summed E-state index contributed by atoms with van der Waals surface area (Å²) < 4.78 is 28.2. The van der Waals surface area contributed by atoms with E-state index < -0.39 is 21.9 Å². The van der Waals surface area contributed by atoms with E-state index in [1.54, 1.807) is 25.6 Å². The number of carbonyl (C=O) groups is 1. The van der Waals surface area contributed by atoms with Crippen molar-refractivity contribution < 1.29 is 18.3 Å². The SMILES string of the molecule is Cc1nn(C)c(C)c1S(=O)(=O)N1CCC(C(=O)O)CC1. The molecule has 0 aliphatic carbocycles. The predicted molar refractivity (Wildman–Crippen MR) is 71.8 cm³/mol. The fourth-order valence-corrected chi connectivity index (χ4v) is 4.47. The lowest BCUT2D eigenvalue weighted by molar-refractivity contribution is -0.142. The van der Waals surface area contributed by atoms with E-state index in [0.29, 0.717) is 24.2 Å². The molecule has 1 aliphatic heterocycles. The second-order valence-electron chi connectivity index (χ2n) is 5.14. The molecular weight excluding hydrogens is 282 g/mol. The van der Waals surface area contributed by atoms with Crippen LogP contribution in [0.1, 0.15) is 24.2 Å². The highest BCUT2D eigenvalue weighted by molar-refractivity contribution is 7.89. The van der Waals surface area contributed by atoms with Crippen molar-refractivity contribution in [1.29, 1.82) is 0 Å². The number of aliphatic carboxylic acids is 1. The van der Waals surface area contributed by atoms with Crippen molar-refractivity contribution in [2.75, 3.05) is 13.1 Å². The maximum Gasteiger partial charge on any atom is 0.306 e. The fraction of sp³-hybridized carbons (Fsp3) is 0.667. The third-order valence-corrected chi connectivity index (χ3v) is 6.00. The Morgan fingerprint density at radius 3 is 2.25 bits per heavy atom. The molecule has 0 bridgehead atoms. The molecule has 1 aromatic rings. The van der Waals surface area contributed by atoms with Gasteiger partial charge >= 0.3 is 5.97 Å². The van der Waals surface area contributed by atoms with E-state index >= 15 is 0 Å². The highest BCUT2D eigenvalue weighted by Crippen LogP contribution is 2.27. The van der Waals surface area contributed by atoms with Crippen molar-refractivity contribution in [3.05, 3.63) is 11.4 Å². The van der Waals surface area contributed by atoms with Gasteiger partial charge in [-0.3, -0.25) is 9.48 Å². The van der Waals surface area contributed by atoms with E-state index in [1.807, 2.05) is 0 Å². The van der Waals surface area contributed by atoms with Crippen LogP contribution in [0, 0.1) is 19.8 Å². The largest absolute Gasteiger partial charge is 0.481 e. The number of piperidine rings is 1. The van der Waals surface area contributed by atoms with Crippen molar-refractivity contribution in [3.8, 4) is 0 Å². The molecule has 1 N–H and O–H groups in total. The fourth-order valence-electron chi connectivity index (χ4n) is 2.60. The van der Waals surface area contributed by atoms with E-state index in [9.17, 15) is 13.2 Å². The zero-order chi connectivity index (χ0) is 15.1. The molecule has 0 atom stereocenters. The highest BCUT2D eigenvalue weighted by atomic mass is 32.2. The van der Waals surface area contributed by atoms with Crippen molar-refractivity contribution in [3.63, 3.8) is 0 Å². The van der Waals surface area contributed by atoms with Gasteiger partial charge in [-0.05, 0) is 26.7 Å². The molecule has 1 fully saturated rings. The molecule has 0 unspecified atom stereocenters. The molecule has 1 aliphatic rings. The minimum absolute atomic E-state index is 0.243. The van der Waals surface area contributed by atoms with Gasteiger partial charge in [0, 0.05) is 20.1 Å². The van der Waals surface area contributed by atoms with Gasteiger partial charge in [-0.15, -0.1) is 0 Å². The summed E-state index contributed by atoms with van der Waals surface area (Å²) >= 11 is 0. The monoisotopic (exact) mass is 301 g/mol. The number of carboxylic acids is 1. The molecule has 112 valence electrons. The average Bonchev–Trinajstić information content (AvgIpc) is 2.63. The third kappa shape index (κ3) is 2.45. The Balaban J connectivity index is 2.26. The molecule has 0 spiro atoms. The maximum absolute atomic E-state index is 12.6. The van der Waals surface area contributed by atoms with Crippen LogP contribution in [0.5, 0.6) is 0 Å². The van der Waals surface area contributed by atoms with Gasteiger partial charge in [0.25, 0.3) is 0 Å². The quantitative estimate of drug-likeness (QED) is 0.878. The summed E-state index contributed by atoms with van der Waals surface area (Å²) in [6.45, 7) is 3.88. The van der Waals surface area contributed by atoms with E-state index in [4.69, 9.17) is 5.11 Å². The van der Waals surface area contributed by atoms with Gasteiger partial charge in [-0.25, -0.2) is 8.42 Å². The molecule has 1 saturated heterocycles. The van der Waals surface area contributed by atoms with Crippen molar-refractivity contribution >= 4 is 16.0 Å². The summed E-state index contributed by atoms with van der Waals surface area (Å²) in [5.41, 5.74) is 1.08. The number of carboxylic acid groups (broad SMARTS) is 1. The van der Waals surface area contributed by atoms with Crippen LogP contribution in [0.25, 0.3) is 0 Å². The first kappa shape index (κ1) is 15.0.